The number of hydrogen-bond donors (Lipinski definition) is 1. The van der Waals surface area contributed by atoms with E-state index in [0.29, 0.717) is 6.54 Å². The van der Waals surface area contributed by atoms with Crippen molar-refractivity contribution < 1.29 is 9.47 Å². The van der Waals surface area contributed by atoms with Crippen molar-refractivity contribution in [2.45, 2.75) is 26.9 Å². The van der Waals surface area contributed by atoms with Gasteiger partial charge in [0.25, 0.3) is 0 Å². The summed E-state index contributed by atoms with van der Waals surface area (Å²) in [7, 11) is 1.64. The van der Waals surface area contributed by atoms with Gasteiger partial charge in [-0.15, -0.1) is 0 Å². The molecule has 0 spiro atoms. The Labute approximate surface area is 97.6 Å². The average molecular weight is 223 g/mol. The summed E-state index contributed by atoms with van der Waals surface area (Å²) in [6.45, 7) is 6.82. The monoisotopic (exact) mass is 223 g/mol. The molecule has 0 aromatic heterocycles. The number of ether oxygens (including phenoxy) is 2. The number of para-hydroxylation sites is 2. The third-order valence-corrected chi connectivity index (χ3v) is 2.52. The molecule has 0 amide bonds. The smallest absolute Gasteiger partial charge is 0.161 e. The lowest BCUT2D eigenvalue weighted by atomic mass is 9.89. The first-order valence-corrected chi connectivity index (χ1v) is 5.48. The van der Waals surface area contributed by atoms with E-state index in [-0.39, 0.29) is 11.5 Å². The van der Waals surface area contributed by atoms with Crippen LogP contribution in [0.5, 0.6) is 11.5 Å². The van der Waals surface area contributed by atoms with Crippen LogP contribution in [0.1, 0.15) is 20.8 Å². The molecule has 0 saturated heterocycles. The van der Waals surface area contributed by atoms with Crippen LogP contribution in [-0.2, 0) is 0 Å². The van der Waals surface area contributed by atoms with Gasteiger partial charge >= 0.3 is 0 Å². The fourth-order valence-corrected chi connectivity index (χ4v) is 1.45. The van der Waals surface area contributed by atoms with Crippen molar-refractivity contribution in [3.05, 3.63) is 24.3 Å². The molecule has 1 unspecified atom stereocenters. The number of methoxy groups -OCH3 is 1. The molecule has 0 bridgehead atoms. The summed E-state index contributed by atoms with van der Waals surface area (Å²) in [5, 5.41) is 0. The van der Waals surface area contributed by atoms with E-state index in [9.17, 15) is 0 Å². The molecule has 1 rings (SSSR count). The van der Waals surface area contributed by atoms with Crippen molar-refractivity contribution in [3.8, 4) is 11.5 Å². The largest absolute Gasteiger partial charge is 0.493 e. The quantitative estimate of drug-likeness (QED) is 0.852. The van der Waals surface area contributed by atoms with E-state index in [4.69, 9.17) is 15.2 Å². The van der Waals surface area contributed by atoms with Crippen LogP contribution in [0.3, 0.4) is 0 Å². The zero-order valence-electron chi connectivity index (χ0n) is 10.5. The molecule has 0 heterocycles. The summed E-state index contributed by atoms with van der Waals surface area (Å²) < 4.78 is 11.1. The number of rotatable bonds is 4. The van der Waals surface area contributed by atoms with Crippen molar-refractivity contribution in [2.75, 3.05) is 13.7 Å². The summed E-state index contributed by atoms with van der Waals surface area (Å²) in [5.41, 5.74) is 5.74. The first kappa shape index (κ1) is 12.8. The van der Waals surface area contributed by atoms with E-state index in [0.717, 1.165) is 11.5 Å². The normalized spacial score (nSPS) is 13.3. The maximum Gasteiger partial charge on any atom is 0.161 e. The minimum absolute atomic E-state index is 0.00953. The molecule has 16 heavy (non-hydrogen) atoms. The second-order valence-electron chi connectivity index (χ2n) is 4.86. The standard InChI is InChI=1S/C13H21NO2/c1-13(2,3)12(9-14)16-11-8-6-5-7-10(11)15-4/h5-8,12H,9,14H2,1-4H3. The second-order valence-corrected chi connectivity index (χ2v) is 4.86. The van der Waals surface area contributed by atoms with Gasteiger partial charge in [0.2, 0.25) is 0 Å². The molecule has 0 aliphatic rings. The zero-order valence-corrected chi connectivity index (χ0v) is 10.5. The summed E-state index contributed by atoms with van der Waals surface area (Å²) in [6.07, 6.45) is -0.0243. The van der Waals surface area contributed by atoms with Crippen molar-refractivity contribution in [1.82, 2.24) is 0 Å². The van der Waals surface area contributed by atoms with E-state index >= 15 is 0 Å². The first-order chi connectivity index (χ1) is 7.49. The maximum absolute atomic E-state index is 5.90. The van der Waals surface area contributed by atoms with Gasteiger partial charge in [0.15, 0.2) is 11.5 Å². The van der Waals surface area contributed by atoms with Gasteiger partial charge in [0.05, 0.1) is 7.11 Å². The molecule has 0 saturated carbocycles. The molecule has 0 radical (unpaired) electrons. The van der Waals surface area contributed by atoms with E-state index in [2.05, 4.69) is 20.8 Å². The predicted molar refractivity (Wildman–Crippen MR) is 65.9 cm³/mol. The molecule has 3 heteroatoms. The summed E-state index contributed by atoms with van der Waals surface area (Å²) in [6, 6.07) is 7.62. The zero-order chi connectivity index (χ0) is 12.2. The first-order valence-electron chi connectivity index (χ1n) is 5.48. The Hall–Kier alpha value is -1.22. The molecule has 0 aliphatic heterocycles. The molecular formula is C13H21NO2. The van der Waals surface area contributed by atoms with Crippen LogP contribution in [0.25, 0.3) is 0 Å². The molecule has 90 valence electrons. The van der Waals surface area contributed by atoms with Gasteiger partial charge in [-0.05, 0) is 12.1 Å². The van der Waals surface area contributed by atoms with Gasteiger partial charge in [0, 0.05) is 12.0 Å². The van der Waals surface area contributed by atoms with Gasteiger partial charge in [0.1, 0.15) is 6.10 Å². The summed E-state index contributed by atoms with van der Waals surface area (Å²) >= 11 is 0. The van der Waals surface area contributed by atoms with Crippen LogP contribution < -0.4 is 15.2 Å². The number of hydrogen-bond acceptors (Lipinski definition) is 3. The molecular weight excluding hydrogens is 202 g/mol. The Balaban J connectivity index is 2.86. The van der Waals surface area contributed by atoms with Crippen molar-refractivity contribution in [1.29, 1.82) is 0 Å². The molecule has 3 nitrogen and oxygen atoms in total. The molecule has 0 fully saturated rings. The van der Waals surface area contributed by atoms with Crippen LogP contribution >= 0.6 is 0 Å². The van der Waals surface area contributed by atoms with Gasteiger partial charge < -0.3 is 15.2 Å². The van der Waals surface area contributed by atoms with Crippen LogP contribution in [-0.4, -0.2) is 19.8 Å². The van der Waals surface area contributed by atoms with Gasteiger partial charge in [-0.25, -0.2) is 0 Å². The molecule has 1 aromatic carbocycles. The topological polar surface area (TPSA) is 44.5 Å². The highest BCUT2D eigenvalue weighted by Crippen LogP contribution is 2.30. The van der Waals surface area contributed by atoms with Crippen LogP contribution in [0.15, 0.2) is 24.3 Å². The van der Waals surface area contributed by atoms with Gasteiger partial charge in [-0.2, -0.15) is 0 Å². The Kier molecular flexibility index (Phi) is 4.19. The van der Waals surface area contributed by atoms with Gasteiger partial charge in [-0.1, -0.05) is 32.9 Å². The van der Waals surface area contributed by atoms with E-state index in [1.54, 1.807) is 7.11 Å². The number of benzene rings is 1. The summed E-state index contributed by atoms with van der Waals surface area (Å²) in [5.74, 6) is 1.49. The van der Waals surface area contributed by atoms with Crippen LogP contribution in [0, 0.1) is 5.41 Å². The van der Waals surface area contributed by atoms with Crippen LogP contribution in [0.4, 0.5) is 0 Å². The Morgan fingerprint density at radius 1 is 1.19 bits per heavy atom. The number of nitrogens with two attached hydrogens (primary N) is 1. The van der Waals surface area contributed by atoms with Crippen LogP contribution in [0.2, 0.25) is 0 Å². The lowest BCUT2D eigenvalue weighted by Crippen LogP contribution is -2.38. The van der Waals surface area contributed by atoms with Crippen molar-refractivity contribution in [2.24, 2.45) is 11.1 Å². The third-order valence-electron chi connectivity index (χ3n) is 2.52. The second kappa shape index (κ2) is 5.21. The molecule has 1 atom stereocenters. The SMILES string of the molecule is COc1ccccc1OC(CN)C(C)(C)C. The van der Waals surface area contributed by atoms with E-state index in [1.807, 2.05) is 24.3 Å². The predicted octanol–water partition coefficient (Wildman–Crippen LogP) is 2.45. The maximum atomic E-state index is 5.90. The minimum atomic E-state index is -0.0243. The Morgan fingerprint density at radius 2 is 1.75 bits per heavy atom. The fraction of sp³-hybridized carbons (Fsp3) is 0.538. The molecule has 2 N–H and O–H groups in total. The lowest BCUT2D eigenvalue weighted by Gasteiger charge is -2.30. The van der Waals surface area contributed by atoms with E-state index < -0.39 is 0 Å². The minimum Gasteiger partial charge on any atom is -0.493 e. The van der Waals surface area contributed by atoms with Crippen molar-refractivity contribution >= 4 is 0 Å². The third kappa shape index (κ3) is 3.14. The Morgan fingerprint density at radius 3 is 2.19 bits per heavy atom. The highest BCUT2D eigenvalue weighted by Gasteiger charge is 2.25. The average Bonchev–Trinajstić information content (AvgIpc) is 2.24. The highest BCUT2D eigenvalue weighted by molar-refractivity contribution is 5.39. The highest BCUT2D eigenvalue weighted by atomic mass is 16.5. The lowest BCUT2D eigenvalue weighted by molar-refractivity contribution is 0.0909. The van der Waals surface area contributed by atoms with Crippen molar-refractivity contribution in [3.63, 3.8) is 0 Å². The summed E-state index contributed by atoms with van der Waals surface area (Å²) in [4.78, 5) is 0. The van der Waals surface area contributed by atoms with E-state index in [1.165, 1.54) is 0 Å². The molecule has 0 aliphatic carbocycles. The fourth-order valence-electron chi connectivity index (χ4n) is 1.45. The Bertz CT molecular complexity index is 331. The molecule has 1 aromatic rings. The van der Waals surface area contributed by atoms with Gasteiger partial charge in [-0.3, -0.25) is 0 Å².